The normalized spacial score (nSPS) is 17.0. The van der Waals surface area contributed by atoms with E-state index in [1.807, 2.05) is 24.3 Å². The van der Waals surface area contributed by atoms with Gasteiger partial charge in [0.2, 0.25) is 5.28 Å². The van der Waals surface area contributed by atoms with Gasteiger partial charge in [-0.1, -0.05) is 24.3 Å². The molecule has 3 aromatic rings. The number of aromatic nitrogens is 4. The number of nitrogens with zero attached hydrogens (tertiary/aromatic N) is 4. The van der Waals surface area contributed by atoms with Crippen LogP contribution in [0.1, 0.15) is 27.6 Å². The fourth-order valence-electron chi connectivity index (χ4n) is 2.96. The second-order valence-corrected chi connectivity index (χ2v) is 6.60. The number of carbonyl (C=O) groups is 1. The van der Waals surface area contributed by atoms with Crippen LogP contribution in [0.3, 0.4) is 0 Å². The Labute approximate surface area is 161 Å². The van der Waals surface area contributed by atoms with Crippen molar-refractivity contribution in [3.8, 4) is 5.82 Å². The summed E-state index contributed by atoms with van der Waals surface area (Å²) in [7, 11) is 0. The molecule has 1 saturated heterocycles. The van der Waals surface area contributed by atoms with Crippen LogP contribution in [0.25, 0.3) is 5.82 Å². The number of halogens is 1. The minimum atomic E-state index is -0.00950. The lowest BCUT2D eigenvalue weighted by Crippen LogP contribution is -2.33. The third-order valence-corrected chi connectivity index (χ3v) is 4.58. The Morgan fingerprint density at radius 3 is 2.89 bits per heavy atom. The van der Waals surface area contributed by atoms with Crippen LogP contribution in [0, 0.1) is 0 Å². The SMILES string of the molecule is O=C(Cc1ccc([C@H]2CNCCO2)cc1)c1cnn(-c2ccnc(Cl)n2)c1. The van der Waals surface area contributed by atoms with E-state index in [9.17, 15) is 4.79 Å². The summed E-state index contributed by atoms with van der Waals surface area (Å²) in [5.74, 6) is 0.504. The lowest BCUT2D eigenvalue weighted by molar-refractivity contribution is 0.0277. The van der Waals surface area contributed by atoms with Gasteiger partial charge in [-0.05, 0) is 22.7 Å². The Hall–Kier alpha value is -2.61. The molecule has 3 heterocycles. The molecular weight excluding hydrogens is 366 g/mol. The van der Waals surface area contributed by atoms with Crippen LogP contribution >= 0.6 is 11.6 Å². The minimum absolute atomic E-state index is 0.00950. The van der Waals surface area contributed by atoms with Gasteiger partial charge in [-0.3, -0.25) is 4.79 Å². The van der Waals surface area contributed by atoms with Gasteiger partial charge in [-0.15, -0.1) is 0 Å². The molecule has 1 aliphatic rings. The Morgan fingerprint density at radius 1 is 1.30 bits per heavy atom. The molecule has 7 nitrogen and oxygen atoms in total. The van der Waals surface area contributed by atoms with E-state index < -0.39 is 0 Å². The van der Waals surface area contributed by atoms with Crippen molar-refractivity contribution in [2.24, 2.45) is 0 Å². The van der Waals surface area contributed by atoms with Crippen LogP contribution in [-0.4, -0.2) is 45.2 Å². The first-order valence-electron chi connectivity index (χ1n) is 8.67. The second kappa shape index (κ2) is 7.96. The molecule has 27 heavy (non-hydrogen) atoms. The summed E-state index contributed by atoms with van der Waals surface area (Å²) >= 11 is 5.80. The number of Topliss-reactive ketones (excluding diaryl/α,β-unsaturated/α-hetero) is 1. The zero-order chi connectivity index (χ0) is 18.6. The van der Waals surface area contributed by atoms with E-state index in [0.717, 1.165) is 24.2 Å². The zero-order valence-corrected chi connectivity index (χ0v) is 15.3. The van der Waals surface area contributed by atoms with E-state index in [1.165, 1.54) is 10.9 Å². The number of rotatable bonds is 5. The van der Waals surface area contributed by atoms with E-state index in [-0.39, 0.29) is 17.2 Å². The standard InChI is InChI=1S/C19H18ClN5O2/c20-19-22-6-5-18(24-19)25-12-15(10-23-25)16(26)9-13-1-3-14(4-2-13)17-11-21-7-8-27-17/h1-6,10,12,17,21H,7-9,11H2/t17-/m1/s1. The van der Waals surface area contributed by atoms with Crippen molar-refractivity contribution in [1.82, 2.24) is 25.1 Å². The van der Waals surface area contributed by atoms with Gasteiger partial charge in [0.25, 0.3) is 0 Å². The second-order valence-electron chi connectivity index (χ2n) is 6.26. The molecule has 2 aromatic heterocycles. The molecule has 0 radical (unpaired) electrons. The Kier molecular flexibility index (Phi) is 5.24. The van der Waals surface area contributed by atoms with Crippen LogP contribution in [0.4, 0.5) is 0 Å². The Bertz CT molecular complexity index is 935. The molecule has 0 aliphatic carbocycles. The van der Waals surface area contributed by atoms with Gasteiger partial charge in [0.05, 0.1) is 24.5 Å². The third kappa shape index (κ3) is 4.21. The topological polar surface area (TPSA) is 81.9 Å². The molecule has 0 saturated carbocycles. The number of ether oxygens (including phenoxy) is 1. The van der Waals surface area contributed by atoms with Gasteiger partial charge in [-0.25, -0.2) is 9.67 Å². The summed E-state index contributed by atoms with van der Waals surface area (Å²) in [6.45, 7) is 2.41. The lowest BCUT2D eigenvalue weighted by Gasteiger charge is -2.24. The van der Waals surface area contributed by atoms with Gasteiger partial charge in [0.1, 0.15) is 0 Å². The van der Waals surface area contributed by atoms with Crippen molar-refractivity contribution < 1.29 is 9.53 Å². The van der Waals surface area contributed by atoms with Crippen LogP contribution < -0.4 is 5.32 Å². The average Bonchev–Trinajstić information content (AvgIpc) is 3.20. The maximum absolute atomic E-state index is 12.6. The molecule has 138 valence electrons. The monoisotopic (exact) mass is 383 g/mol. The molecule has 0 spiro atoms. The Balaban J connectivity index is 1.43. The van der Waals surface area contributed by atoms with Crippen molar-refractivity contribution in [3.63, 3.8) is 0 Å². The highest BCUT2D eigenvalue weighted by molar-refractivity contribution is 6.28. The first-order valence-corrected chi connectivity index (χ1v) is 9.05. The minimum Gasteiger partial charge on any atom is -0.371 e. The molecule has 1 aliphatic heterocycles. The van der Waals surface area contributed by atoms with Gasteiger partial charge < -0.3 is 10.1 Å². The number of ketones is 1. The number of hydrogen-bond donors (Lipinski definition) is 1. The number of nitrogens with one attached hydrogen (secondary N) is 1. The summed E-state index contributed by atoms with van der Waals surface area (Å²) in [5.41, 5.74) is 2.59. The highest BCUT2D eigenvalue weighted by Gasteiger charge is 2.16. The predicted molar refractivity (Wildman–Crippen MR) is 100 cm³/mol. The van der Waals surface area contributed by atoms with E-state index in [1.54, 1.807) is 18.5 Å². The van der Waals surface area contributed by atoms with Crippen LogP contribution in [-0.2, 0) is 11.2 Å². The molecule has 8 heteroatoms. The van der Waals surface area contributed by atoms with Gasteiger partial charge in [0, 0.05) is 38.0 Å². The van der Waals surface area contributed by atoms with E-state index in [2.05, 4.69) is 20.4 Å². The maximum Gasteiger partial charge on any atom is 0.224 e. The molecule has 1 fully saturated rings. The lowest BCUT2D eigenvalue weighted by atomic mass is 10.0. The highest BCUT2D eigenvalue weighted by Crippen LogP contribution is 2.20. The van der Waals surface area contributed by atoms with Gasteiger partial charge in [-0.2, -0.15) is 10.1 Å². The fourth-order valence-corrected chi connectivity index (χ4v) is 3.11. The van der Waals surface area contributed by atoms with Crippen LogP contribution in [0.5, 0.6) is 0 Å². The molecule has 4 rings (SSSR count). The molecule has 1 N–H and O–H groups in total. The molecular formula is C19H18ClN5O2. The number of hydrogen-bond acceptors (Lipinski definition) is 6. The van der Waals surface area contributed by atoms with Crippen molar-refractivity contribution >= 4 is 17.4 Å². The number of carbonyl (C=O) groups excluding carboxylic acids is 1. The van der Waals surface area contributed by atoms with E-state index >= 15 is 0 Å². The molecule has 0 amide bonds. The predicted octanol–water partition coefficient (Wildman–Crippen LogP) is 2.40. The van der Waals surface area contributed by atoms with Gasteiger partial charge in [0.15, 0.2) is 11.6 Å². The first kappa shape index (κ1) is 17.8. The Morgan fingerprint density at radius 2 is 2.15 bits per heavy atom. The van der Waals surface area contributed by atoms with E-state index in [0.29, 0.717) is 24.4 Å². The summed E-state index contributed by atoms with van der Waals surface area (Å²) in [6, 6.07) is 9.66. The summed E-state index contributed by atoms with van der Waals surface area (Å²) in [5, 5.41) is 7.64. The average molecular weight is 384 g/mol. The molecule has 1 aromatic carbocycles. The van der Waals surface area contributed by atoms with Crippen molar-refractivity contribution in [2.45, 2.75) is 12.5 Å². The van der Waals surface area contributed by atoms with Crippen molar-refractivity contribution in [3.05, 3.63) is 70.9 Å². The quantitative estimate of drug-likeness (QED) is 0.538. The molecule has 0 bridgehead atoms. The molecule has 1 atom stereocenters. The van der Waals surface area contributed by atoms with Crippen molar-refractivity contribution in [2.75, 3.05) is 19.7 Å². The smallest absolute Gasteiger partial charge is 0.224 e. The third-order valence-electron chi connectivity index (χ3n) is 4.39. The van der Waals surface area contributed by atoms with Gasteiger partial charge >= 0.3 is 0 Å². The molecule has 0 unspecified atom stereocenters. The zero-order valence-electron chi connectivity index (χ0n) is 14.5. The van der Waals surface area contributed by atoms with Crippen LogP contribution in [0.2, 0.25) is 5.28 Å². The summed E-state index contributed by atoms with van der Waals surface area (Å²) in [6.07, 6.45) is 5.10. The van der Waals surface area contributed by atoms with Crippen LogP contribution in [0.15, 0.2) is 48.9 Å². The largest absolute Gasteiger partial charge is 0.371 e. The van der Waals surface area contributed by atoms with E-state index in [4.69, 9.17) is 16.3 Å². The summed E-state index contributed by atoms with van der Waals surface area (Å²) < 4.78 is 7.26. The fraction of sp³-hybridized carbons (Fsp3) is 0.263. The highest BCUT2D eigenvalue weighted by atomic mass is 35.5. The number of benzene rings is 1. The van der Waals surface area contributed by atoms with Crippen molar-refractivity contribution in [1.29, 1.82) is 0 Å². The summed E-state index contributed by atoms with van der Waals surface area (Å²) in [4.78, 5) is 20.5. The maximum atomic E-state index is 12.6. The first-order chi connectivity index (χ1) is 13.2. The number of morpholine rings is 1.